The Kier molecular flexibility index (Phi) is 6.61. The first kappa shape index (κ1) is 20.5. The van der Waals surface area contributed by atoms with Gasteiger partial charge >= 0.3 is 0 Å². The van der Waals surface area contributed by atoms with E-state index in [0.717, 1.165) is 0 Å². The Labute approximate surface area is 168 Å². The van der Waals surface area contributed by atoms with Gasteiger partial charge in [-0.05, 0) is 0 Å². The van der Waals surface area contributed by atoms with Gasteiger partial charge in [-0.25, -0.2) is 0 Å². The van der Waals surface area contributed by atoms with E-state index >= 15 is 0 Å². The van der Waals surface area contributed by atoms with Gasteiger partial charge in [0.15, 0.2) is 0 Å². The van der Waals surface area contributed by atoms with Crippen molar-refractivity contribution < 1.29 is 52.8 Å². The number of epoxide rings is 4. The molecule has 0 radical (unpaired) electrons. The maximum absolute atomic E-state index is 10.0. The Balaban J connectivity index is 1.29. The minimum atomic E-state index is -0.634. The molecule has 11 nitrogen and oxygen atoms in total. The second kappa shape index (κ2) is 9.37. The first-order valence-corrected chi connectivity index (χ1v) is 10.2. The van der Waals surface area contributed by atoms with Gasteiger partial charge in [0, 0.05) is 0 Å². The molecule has 0 aromatic rings. The van der Waals surface area contributed by atoms with Crippen LogP contribution < -0.4 is 0 Å². The third-order valence-electron chi connectivity index (χ3n) is 5.20. The van der Waals surface area contributed by atoms with E-state index in [4.69, 9.17) is 47.7 Å². The molecule has 4 unspecified atom stereocenters. The average molecular weight is 420 g/mol. The Morgan fingerprint density at radius 1 is 0.655 bits per heavy atom. The lowest BCUT2D eigenvalue weighted by Gasteiger charge is -2.35. The SMILES string of the molecule is OC[C@@H](OCC1CO1)[C@@H](OCC1CO1)[C@H](OCC1CO1)[C@@H](OCC1CO1)C1OO1. The van der Waals surface area contributed by atoms with Crippen LogP contribution in [0, 0.1) is 0 Å². The molecule has 5 heterocycles. The van der Waals surface area contributed by atoms with E-state index in [1.807, 2.05) is 0 Å². The van der Waals surface area contributed by atoms with E-state index in [2.05, 4.69) is 0 Å². The van der Waals surface area contributed by atoms with Crippen LogP contribution in [-0.2, 0) is 47.7 Å². The van der Waals surface area contributed by atoms with Gasteiger partial charge in [0.25, 0.3) is 6.29 Å². The molecule has 5 rings (SSSR count). The summed E-state index contributed by atoms with van der Waals surface area (Å²) in [6.07, 6.45) is -2.79. The Morgan fingerprint density at radius 2 is 1.10 bits per heavy atom. The van der Waals surface area contributed by atoms with Crippen molar-refractivity contribution in [1.82, 2.24) is 0 Å². The van der Waals surface area contributed by atoms with Crippen molar-refractivity contribution in [2.24, 2.45) is 0 Å². The van der Waals surface area contributed by atoms with E-state index in [0.29, 0.717) is 52.9 Å². The summed E-state index contributed by atoms with van der Waals surface area (Å²) in [5.41, 5.74) is 0. The smallest absolute Gasteiger partial charge is 0.253 e. The lowest BCUT2D eigenvalue weighted by molar-refractivity contribution is -0.192. The van der Waals surface area contributed by atoms with E-state index < -0.39 is 30.7 Å². The topological polar surface area (TPSA) is 132 Å². The highest BCUT2D eigenvalue weighted by molar-refractivity contribution is 4.91. The van der Waals surface area contributed by atoms with Gasteiger partial charge < -0.3 is 43.0 Å². The van der Waals surface area contributed by atoms with E-state index in [-0.39, 0.29) is 31.0 Å². The van der Waals surface area contributed by atoms with Gasteiger partial charge in [-0.15, -0.1) is 0 Å². The fourth-order valence-corrected chi connectivity index (χ4v) is 3.05. The molecule has 0 bridgehead atoms. The van der Waals surface area contributed by atoms with Crippen LogP contribution in [0.15, 0.2) is 0 Å². The van der Waals surface area contributed by atoms with Crippen LogP contribution in [0.5, 0.6) is 0 Å². The molecule has 0 aromatic heterocycles. The van der Waals surface area contributed by atoms with Gasteiger partial charge in [0.2, 0.25) is 0 Å². The molecule has 8 atom stereocenters. The van der Waals surface area contributed by atoms with Crippen LogP contribution in [0.1, 0.15) is 0 Å². The van der Waals surface area contributed by atoms with E-state index in [1.54, 1.807) is 0 Å². The summed E-state index contributed by atoms with van der Waals surface area (Å²) < 4.78 is 45.2. The molecule has 0 spiro atoms. The van der Waals surface area contributed by atoms with Crippen molar-refractivity contribution in [3.05, 3.63) is 0 Å². The summed E-state index contributed by atoms with van der Waals surface area (Å²) in [7, 11) is 0. The third-order valence-corrected chi connectivity index (χ3v) is 5.20. The normalized spacial score (nSPS) is 36.3. The Hall–Kier alpha value is -0.440. The molecular formula is C18H28O11. The van der Waals surface area contributed by atoms with Crippen LogP contribution in [-0.4, -0.2) is 120 Å². The predicted molar refractivity (Wildman–Crippen MR) is 91.0 cm³/mol. The molecule has 5 fully saturated rings. The fraction of sp³-hybridized carbons (Fsp3) is 1.00. The quantitative estimate of drug-likeness (QED) is 0.216. The molecule has 0 saturated carbocycles. The zero-order valence-electron chi connectivity index (χ0n) is 16.1. The minimum absolute atomic E-state index is 0.0451. The van der Waals surface area contributed by atoms with Crippen molar-refractivity contribution in [2.75, 3.05) is 59.5 Å². The van der Waals surface area contributed by atoms with Crippen LogP contribution in [0.4, 0.5) is 0 Å². The lowest BCUT2D eigenvalue weighted by Crippen LogP contribution is -2.53. The number of ether oxygens (including phenoxy) is 8. The summed E-state index contributed by atoms with van der Waals surface area (Å²) >= 11 is 0. The maximum Gasteiger partial charge on any atom is 0.253 e. The monoisotopic (exact) mass is 420 g/mol. The average Bonchev–Trinajstić information content (AvgIpc) is 3.55. The van der Waals surface area contributed by atoms with Gasteiger partial charge in [-0.2, -0.15) is 9.78 Å². The number of hydrogen-bond acceptors (Lipinski definition) is 11. The zero-order valence-corrected chi connectivity index (χ0v) is 16.1. The second-order valence-electron chi connectivity index (χ2n) is 7.83. The van der Waals surface area contributed by atoms with Gasteiger partial charge in [-0.1, -0.05) is 0 Å². The molecule has 29 heavy (non-hydrogen) atoms. The van der Waals surface area contributed by atoms with Crippen LogP contribution in [0.25, 0.3) is 0 Å². The number of hydrogen-bond donors (Lipinski definition) is 1. The van der Waals surface area contributed by atoms with E-state index in [9.17, 15) is 5.11 Å². The van der Waals surface area contributed by atoms with Gasteiger partial charge in [-0.3, -0.25) is 0 Å². The van der Waals surface area contributed by atoms with Crippen molar-refractivity contribution in [3.8, 4) is 0 Å². The number of rotatable bonds is 17. The minimum Gasteiger partial charge on any atom is -0.394 e. The molecule has 11 heteroatoms. The summed E-state index contributed by atoms with van der Waals surface area (Å²) in [4.78, 5) is 10.1. The Bertz CT molecular complexity index is 516. The third kappa shape index (κ3) is 6.52. The van der Waals surface area contributed by atoms with E-state index in [1.165, 1.54) is 0 Å². The standard InChI is InChI=1S/C18H28O11/c19-1-14(24-6-10-2-20-10)15(25-7-11-3-21-11)16(26-8-12-4-22-12)17(18-28-29-18)27-9-13-5-23-13/h10-19H,1-9H2/t10?,11?,12?,13?,14-,15-,16+,17-/m1/s1. The molecule has 0 amide bonds. The van der Waals surface area contributed by atoms with Crippen molar-refractivity contribution in [2.45, 2.75) is 55.1 Å². The van der Waals surface area contributed by atoms with Crippen LogP contribution >= 0.6 is 0 Å². The highest BCUT2D eigenvalue weighted by atomic mass is 17.4. The molecule has 0 aliphatic carbocycles. The summed E-state index contributed by atoms with van der Waals surface area (Å²) in [6, 6.07) is 0. The van der Waals surface area contributed by atoms with Crippen molar-refractivity contribution in [1.29, 1.82) is 0 Å². The maximum atomic E-state index is 10.0. The number of aliphatic hydroxyl groups is 1. The molecule has 5 aliphatic heterocycles. The molecule has 166 valence electrons. The lowest BCUT2D eigenvalue weighted by atomic mass is 10.0. The first-order chi connectivity index (χ1) is 14.3. The van der Waals surface area contributed by atoms with Crippen LogP contribution in [0.3, 0.4) is 0 Å². The highest BCUT2D eigenvalue weighted by Gasteiger charge is 2.50. The van der Waals surface area contributed by atoms with Crippen LogP contribution in [0.2, 0.25) is 0 Å². The highest BCUT2D eigenvalue weighted by Crippen LogP contribution is 2.30. The zero-order chi connectivity index (χ0) is 19.6. The first-order valence-electron chi connectivity index (χ1n) is 10.2. The summed E-state index contributed by atoms with van der Waals surface area (Å²) in [5.74, 6) is 0. The molecule has 0 aromatic carbocycles. The Morgan fingerprint density at radius 3 is 1.55 bits per heavy atom. The van der Waals surface area contributed by atoms with Crippen molar-refractivity contribution in [3.63, 3.8) is 0 Å². The number of aliphatic hydroxyl groups excluding tert-OH is 1. The summed E-state index contributed by atoms with van der Waals surface area (Å²) in [6.45, 7) is 3.92. The molecule has 5 saturated heterocycles. The van der Waals surface area contributed by atoms with Gasteiger partial charge in [0.05, 0.1) is 59.5 Å². The predicted octanol–water partition coefficient (Wildman–Crippen LogP) is -1.60. The molecule has 5 aliphatic rings. The fourth-order valence-electron chi connectivity index (χ4n) is 3.05. The van der Waals surface area contributed by atoms with Gasteiger partial charge in [0.1, 0.15) is 48.8 Å². The molecular weight excluding hydrogens is 392 g/mol. The molecule has 1 N–H and O–H groups in total. The second-order valence-corrected chi connectivity index (χ2v) is 7.83. The largest absolute Gasteiger partial charge is 0.394 e. The van der Waals surface area contributed by atoms with Crippen molar-refractivity contribution >= 4 is 0 Å². The summed E-state index contributed by atoms with van der Waals surface area (Å²) in [5, 5.41) is 10.0.